The van der Waals surface area contributed by atoms with Crippen LogP contribution in [-0.4, -0.2) is 85.1 Å². The molecular formula is C25H32ClN3O5. The Morgan fingerprint density at radius 2 is 1.82 bits per heavy atom. The number of ether oxygens (including phenoxy) is 2. The third kappa shape index (κ3) is 5.51. The molecule has 1 fully saturated rings. The molecule has 2 aromatic rings. The summed E-state index contributed by atoms with van der Waals surface area (Å²) in [5, 5.41) is 0.341. The van der Waals surface area contributed by atoms with Gasteiger partial charge in [0.25, 0.3) is 5.91 Å². The van der Waals surface area contributed by atoms with Gasteiger partial charge in [-0.1, -0.05) is 23.7 Å². The number of aromatic nitrogens is 1. The number of esters is 1. The van der Waals surface area contributed by atoms with Crippen LogP contribution in [0.5, 0.6) is 0 Å². The molecule has 1 aliphatic rings. The number of rotatable bonds is 9. The van der Waals surface area contributed by atoms with Crippen LogP contribution in [-0.2, 0) is 16.0 Å². The highest BCUT2D eigenvalue weighted by Gasteiger charge is 2.29. The molecule has 0 aliphatic carbocycles. The number of hydrogen-bond donors (Lipinski definition) is 0. The van der Waals surface area contributed by atoms with Crippen molar-refractivity contribution in [2.45, 2.75) is 27.3 Å². The monoisotopic (exact) mass is 489 g/mol. The number of carbonyl (C=O) groups excluding carboxylic acids is 3. The number of halogens is 1. The molecule has 0 atom stereocenters. The number of hydrogen-bond acceptors (Lipinski definition) is 6. The number of nitrogens with zero attached hydrogens (tertiary/aromatic N) is 3. The Balaban J connectivity index is 1.90. The standard InChI is InChI=1S/C25H32ClN3O5/c1-5-29-18(3)22(17(2)23(29)25(32)33-4)21(30)16-28(11-10-27-12-14-34-15-13-27)24(31)19-8-6-7-9-20(19)26/h6-9H,5,10-16H2,1-4H3. The van der Waals surface area contributed by atoms with Crippen molar-refractivity contribution in [1.29, 1.82) is 0 Å². The van der Waals surface area contributed by atoms with E-state index in [-0.39, 0.29) is 18.2 Å². The van der Waals surface area contributed by atoms with Crippen LogP contribution in [0.2, 0.25) is 5.02 Å². The molecule has 0 spiro atoms. The molecule has 1 saturated heterocycles. The minimum Gasteiger partial charge on any atom is -0.464 e. The Kier molecular flexibility index (Phi) is 8.88. The Bertz CT molecular complexity index is 1060. The summed E-state index contributed by atoms with van der Waals surface area (Å²) in [5.41, 5.74) is 2.42. The number of methoxy groups -OCH3 is 1. The number of morpholine rings is 1. The maximum Gasteiger partial charge on any atom is 0.354 e. The summed E-state index contributed by atoms with van der Waals surface area (Å²) >= 11 is 6.30. The van der Waals surface area contributed by atoms with E-state index in [1.54, 1.807) is 40.7 Å². The average molecular weight is 490 g/mol. The molecule has 8 nitrogen and oxygen atoms in total. The van der Waals surface area contributed by atoms with Crippen molar-refractivity contribution in [1.82, 2.24) is 14.4 Å². The van der Waals surface area contributed by atoms with E-state index < -0.39 is 5.97 Å². The normalized spacial score (nSPS) is 14.1. The first-order valence-electron chi connectivity index (χ1n) is 11.4. The molecule has 0 saturated carbocycles. The summed E-state index contributed by atoms with van der Waals surface area (Å²) in [6, 6.07) is 6.83. The van der Waals surface area contributed by atoms with Gasteiger partial charge in [-0.25, -0.2) is 4.79 Å². The van der Waals surface area contributed by atoms with Crippen molar-refractivity contribution in [3.63, 3.8) is 0 Å². The molecule has 1 aromatic heterocycles. The largest absolute Gasteiger partial charge is 0.464 e. The van der Waals surface area contributed by atoms with Gasteiger partial charge < -0.3 is 18.9 Å². The fraction of sp³-hybridized carbons (Fsp3) is 0.480. The van der Waals surface area contributed by atoms with E-state index in [2.05, 4.69) is 4.90 Å². The summed E-state index contributed by atoms with van der Waals surface area (Å²) in [5.74, 6) is -1.02. The van der Waals surface area contributed by atoms with Crippen LogP contribution in [0.1, 0.15) is 49.4 Å². The Hall–Kier alpha value is -2.68. The van der Waals surface area contributed by atoms with Crippen LogP contribution in [0, 0.1) is 13.8 Å². The van der Waals surface area contributed by atoms with E-state index >= 15 is 0 Å². The first-order valence-corrected chi connectivity index (χ1v) is 11.8. The number of amides is 1. The SMILES string of the molecule is CCn1c(C)c(C(=O)CN(CCN2CCOCC2)C(=O)c2ccccc2Cl)c(C)c1C(=O)OC. The average Bonchev–Trinajstić information content (AvgIpc) is 3.10. The van der Waals surface area contributed by atoms with Crippen LogP contribution in [0.15, 0.2) is 24.3 Å². The number of carbonyl (C=O) groups is 3. The summed E-state index contributed by atoms with van der Waals surface area (Å²) in [6.07, 6.45) is 0. The van der Waals surface area contributed by atoms with Gasteiger partial charge in [-0.3, -0.25) is 14.5 Å². The molecule has 34 heavy (non-hydrogen) atoms. The van der Waals surface area contributed by atoms with E-state index in [4.69, 9.17) is 21.1 Å². The van der Waals surface area contributed by atoms with Crippen molar-refractivity contribution < 1.29 is 23.9 Å². The van der Waals surface area contributed by atoms with Gasteiger partial charge >= 0.3 is 5.97 Å². The van der Waals surface area contributed by atoms with Crippen LogP contribution < -0.4 is 0 Å². The zero-order valence-electron chi connectivity index (χ0n) is 20.2. The minimum atomic E-state index is -0.488. The van der Waals surface area contributed by atoms with Crippen LogP contribution in [0.3, 0.4) is 0 Å². The van der Waals surface area contributed by atoms with Crippen molar-refractivity contribution in [3.05, 3.63) is 57.4 Å². The lowest BCUT2D eigenvalue weighted by Crippen LogP contribution is -2.44. The molecule has 0 bridgehead atoms. The van der Waals surface area contributed by atoms with Crippen molar-refractivity contribution in [2.24, 2.45) is 0 Å². The number of ketones is 1. The summed E-state index contributed by atoms with van der Waals surface area (Å²) in [6.45, 7) is 9.70. The van der Waals surface area contributed by atoms with E-state index in [0.717, 1.165) is 13.1 Å². The van der Waals surface area contributed by atoms with Crippen LogP contribution >= 0.6 is 11.6 Å². The lowest BCUT2D eigenvalue weighted by atomic mass is 10.0. The lowest BCUT2D eigenvalue weighted by molar-refractivity contribution is 0.0323. The van der Waals surface area contributed by atoms with Gasteiger partial charge in [-0.2, -0.15) is 0 Å². The molecule has 184 valence electrons. The lowest BCUT2D eigenvalue weighted by Gasteiger charge is -2.30. The van der Waals surface area contributed by atoms with Crippen LogP contribution in [0.25, 0.3) is 0 Å². The third-order valence-corrected chi connectivity index (χ3v) is 6.59. The number of benzene rings is 1. The molecule has 2 heterocycles. The van der Waals surface area contributed by atoms with Gasteiger partial charge in [0.15, 0.2) is 5.78 Å². The van der Waals surface area contributed by atoms with Gasteiger partial charge in [0.2, 0.25) is 0 Å². The second-order valence-electron chi connectivity index (χ2n) is 8.25. The van der Waals surface area contributed by atoms with Gasteiger partial charge in [-0.05, 0) is 38.5 Å². The second-order valence-corrected chi connectivity index (χ2v) is 8.66. The maximum absolute atomic E-state index is 13.5. The molecule has 1 aromatic carbocycles. The first kappa shape index (κ1) is 25.9. The highest BCUT2D eigenvalue weighted by atomic mass is 35.5. The Morgan fingerprint density at radius 1 is 1.15 bits per heavy atom. The molecule has 3 rings (SSSR count). The van der Waals surface area contributed by atoms with E-state index in [0.29, 0.717) is 65.9 Å². The van der Waals surface area contributed by atoms with Crippen molar-refractivity contribution >= 4 is 29.3 Å². The minimum absolute atomic E-state index is 0.121. The predicted octanol–water partition coefficient (Wildman–Crippen LogP) is 3.22. The molecule has 0 N–H and O–H groups in total. The van der Waals surface area contributed by atoms with E-state index in [9.17, 15) is 14.4 Å². The quantitative estimate of drug-likeness (QED) is 0.397. The zero-order valence-corrected chi connectivity index (χ0v) is 21.0. The van der Waals surface area contributed by atoms with Gasteiger partial charge in [0.1, 0.15) is 5.69 Å². The first-order chi connectivity index (χ1) is 16.3. The summed E-state index contributed by atoms with van der Waals surface area (Å²) < 4.78 is 12.1. The fourth-order valence-corrected chi connectivity index (χ4v) is 4.67. The maximum atomic E-state index is 13.5. The van der Waals surface area contributed by atoms with E-state index in [1.165, 1.54) is 7.11 Å². The predicted molar refractivity (Wildman–Crippen MR) is 130 cm³/mol. The molecule has 0 unspecified atom stereocenters. The van der Waals surface area contributed by atoms with Gasteiger partial charge in [-0.15, -0.1) is 0 Å². The van der Waals surface area contributed by atoms with Crippen molar-refractivity contribution in [3.8, 4) is 0 Å². The molecule has 1 amide bonds. The highest BCUT2D eigenvalue weighted by Crippen LogP contribution is 2.25. The number of Topliss-reactive ketones (excluding diaryl/α,β-unsaturated/α-hetero) is 1. The molecule has 9 heteroatoms. The zero-order chi connectivity index (χ0) is 24.8. The second kappa shape index (κ2) is 11.6. The van der Waals surface area contributed by atoms with Gasteiger partial charge in [0.05, 0.1) is 37.5 Å². The van der Waals surface area contributed by atoms with Crippen LogP contribution in [0.4, 0.5) is 0 Å². The van der Waals surface area contributed by atoms with Gasteiger partial charge in [0, 0.05) is 44.0 Å². The molecule has 1 aliphatic heterocycles. The van der Waals surface area contributed by atoms with Crippen molar-refractivity contribution in [2.75, 3.05) is 53.0 Å². The molecule has 0 radical (unpaired) electrons. The summed E-state index contributed by atoms with van der Waals surface area (Å²) in [4.78, 5) is 43.1. The Morgan fingerprint density at radius 3 is 2.44 bits per heavy atom. The summed E-state index contributed by atoms with van der Waals surface area (Å²) in [7, 11) is 1.32. The molecular weight excluding hydrogens is 458 g/mol. The fourth-order valence-electron chi connectivity index (χ4n) is 4.46. The third-order valence-electron chi connectivity index (χ3n) is 6.26. The smallest absolute Gasteiger partial charge is 0.354 e. The van der Waals surface area contributed by atoms with E-state index in [1.807, 2.05) is 13.8 Å². The topological polar surface area (TPSA) is 81.1 Å². The highest BCUT2D eigenvalue weighted by molar-refractivity contribution is 6.33. The Labute approximate surface area is 205 Å².